The molecular formula is C16H23N3O3. The Kier molecular flexibility index (Phi) is 5.51. The molecule has 1 saturated heterocycles. The molecule has 0 aliphatic carbocycles. The van der Waals surface area contributed by atoms with Crippen LogP contribution in [0.5, 0.6) is 0 Å². The molecule has 1 unspecified atom stereocenters. The van der Waals surface area contributed by atoms with Gasteiger partial charge >= 0.3 is 0 Å². The van der Waals surface area contributed by atoms with E-state index in [0.717, 1.165) is 12.8 Å². The van der Waals surface area contributed by atoms with Crippen molar-refractivity contribution in [2.45, 2.75) is 18.9 Å². The monoisotopic (exact) mass is 305 g/mol. The standard InChI is InChI=1S/C16H23N3O3/c1-19(2)16(21)12-3-5-13(6-4-12)18-15(20)14(17)11-7-9-22-10-8-11/h3-6,11,14H,7-10,17H2,1-2H3,(H,18,20). The van der Waals surface area contributed by atoms with Gasteiger partial charge in [-0.3, -0.25) is 9.59 Å². The van der Waals surface area contributed by atoms with Crippen molar-refractivity contribution in [1.29, 1.82) is 0 Å². The van der Waals surface area contributed by atoms with Gasteiger partial charge in [-0.1, -0.05) is 0 Å². The second-order valence-corrected chi connectivity index (χ2v) is 5.74. The van der Waals surface area contributed by atoms with Gasteiger partial charge in [0, 0.05) is 38.6 Å². The average molecular weight is 305 g/mol. The number of hydrogen-bond acceptors (Lipinski definition) is 4. The summed E-state index contributed by atoms with van der Waals surface area (Å²) in [5, 5.41) is 2.80. The maximum atomic E-state index is 12.2. The normalized spacial score (nSPS) is 16.9. The SMILES string of the molecule is CN(C)C(=O)c1ccc(NC(=O)C(N)C2CCOCC2)cc1. The lowest BCUT2D eigenvalue weighted by molar-refractivity contribution is -0.119. The molecule has 0 bridgehead atoms. The van der Waals surface area contributed by atoms with E-state index in [1.54, 1.807) is 38.4 Å². The van der Waals surface area contributed by atoms with E-state index in [4.69, 9.17) is 10.5 Å². The third kappa shape index (κ3) is 4.05. The maximum absolute atomic E-state index is 12.2. The van der Waals surface area contributed by atoms with Gasteiger partial charge in [-0.05, 0) is 43.0 Å². The van der Waals surface area contributed by atoms with Crippen LogP contribution in [0.4, 0.5) is 5.69 Å². The van der Waals surface area contributed by atoms with Crippen LogP contribution in [0.25, 0.3) is 0 Å². The van der Waals surface area contributed by atoms with E-state index < -0.39 is 6.04 Å². The fraction of sp³-hybridized carbons (Fsp3) is 0.500. The average Bonchev–Trinajstić information content (AvgIpc) is 2.54. The van der Waals surface area contributed by atoms with Gasteiger partial charge < -0.3 is 20.7 Å². The number of anilines is 1. The summed E-state index contributed by atoms with van der Waals surface area (Å²) in [6.45, 7) is 1.32. The van der Waals surface area contributed by atoms with Gasteiger partial charge in [0.1, 0.15) is 0 Å². The second-order valence-electron chi connectivity index (χ2n) is 5.74. The van der Waals surface area contributed by atoms with Crippen LogP contribution in [0.3, 0.4) is 0 Å². The van der Waals surface area contributed by atoms with Crippen LogP contribution in [0, 0.1) is 5.92 Å². The molecule has 0 aromatic heterocycles. The number of nitrogens with zero attached hydrogens (tertiary/aromatic N) is 1. The lowest BCUT2D eigenvalue weighted by atomic mass is 9.92. The summed E-state index contributed by atoms with van der Waals surface area (Å²) in [6, 6.07) is 6.28. The highest BCUT2D eigenvalue weighted by molar-refractivity contribution is 5.97. The Morgan fingerprint density at radius 3 is 2.36 bits per heavy atom. The van der Waals surface area contributed by atoms with Crippen molar-refractivity contribution in [1.82, 2.24) is 4.90 Å². The molecule has 22 heavy (non-hydrogen) atoms. The molecule has 1 atom stereocenters. The number of amides is 2. The van der Waals surface area contributed by atoms with Crippen molar-refractivity contribution in [3.8, 4) is 0 Å². The van der Waals surface area contributed by atoms with Gasteiger partial charge in [-0.2, -0.15) is 0 Å². The number of carbonyl (C=O) groups excluding carboxylic acids is 2. The molecule has 2 rings (SSSR count). The second kappa shape index (κ2) is 7.38. The Morgan fingerprint density at radius 1 is 1.23 bits per heavy atom. The van der Waals surface area contributed by atoms with Crippen molar-refractivity contribution in [2.75, 3.05) is 32.6 Å². The number of nitrogens with two attached hydrogens (primary N) is 1. The van der Waals surface area contributed by atoms with Crippen LogP contribution in [0.2, 0.25) is 0 Å². The Balaban J connectivity index is 1.95. The Morgan fingerprint density at radius 2 is 1.82 bits per heavy atom. The van der Waals surface area contributed by atoms with E-state index in [1.807, 2.05) is 0 Å². The first-order valence-corrected chi connectivity index (χ1v) is 7.45. The van der Waals surface area contributed by atoms with Gasteiger partial charge in [0.05, 0.1) is 6.04 Å². The van der Waals surface area contributed by atoms with E-state index in [0.29, 0.717) is 24.5 Å². The number of rotatable bonds is 4. The zero-order chi connectivity index (χ0) is 16.1. The molecule has 1 heterocycles. The number of hydrogen-bond donors (Lipinski definition) is 2. The van der Waals surface area contributed by atoms with Crippen LogP contribution in [-0.4, -0.2) is 50.1 Å². The zero-order valence-corrected chi connectivity index (χ0v) is 13.0. The number of carbonyl (C=O) groups is 2. The molecule has 6 nitrogen and oxygen atoms in total. The van der Waals surface area contributed by atoms with Crippen molar-refractivity contribution >= 4 is 17.5 Å². The summed E-state index contributed by atoms with van der Waals surface area (Å²) >= 11 is 0. The summed E-state index contributed by atoms with van der Waals surface area (Å²) < 4.78 is 5.28. The van der Waals surface area contributed by atoms with Crippen LogP contribution in [0.1, 0.15) is 23.2 Å². The van der Waals surface area contributed by atoms with E-state index in [1.165, 1.54) is 4.90 Å². The van der Waals surface area contributed by atoms with Crippen molar-refractivity contribution in [3.63, 3.8) is 0 Å². The summed E-state index contributed by atoms with van der Waals surface area (Å²) in [5.41, 5.74) is 7.25. The predicted molar refractivity (Wildman–Crippen MR) is 84.6 cm³/mol. The first-order chi connectivity index (χ1) is 10.5. The van der Waals surface area contributed by atoms with Crippen molar-refractivity contribution in [2.24, 2.45) is 11.7 Å². The van der Waals surface area contributed by atoms with Crippen LogP contribution in [-0.2, 0) is 9.53 Å². The molecule has 2 amide bonds. The van der Waals surface area contributed by atoms with E-state index >= 15 is 0 Å². The Labute approximate surface area is 130 Å². The van der Waals surface area contributed by atoms with Crippen LogP contribution >= 0.6 is 0 Å². The lowest BCUT2D eigenvalue weighted by Gasteiger charge is -2.26. The quantitative estimate of drug-likeness (QED) is 0.872. The third-order valence-corrected chi connectivity index (χ3v) is 3.88. The van der Waals surface area contributed by atoms with Gasteiger partial charge in [0.2, 0.25) is 5.91 Å². The molecule has 3 N–H and O–H groups in total. The highest BCUT2D eigenvalue weighted by Crippen LogP contribution is 2.19. The maximum Gasteiger partial charge on any atom is 0.253 e. The van der Waals surface area contributed by atoms with E-state index in [9.17, 15) is 9.59 Å². The first kappa shape index (κ1) is 16.5. The molecule has 0 radical (unpaired) electrons. The molecule has 1 fully saturated rings. The van der Waals surface area contributed by atoms with Gasteiger partial charge in [0.15, 0.2) is 0 Å². The summed E-state index contributed by atoms with van der Waals surface area (Å²) in [5.74, 6) is -0.112. The molecule has 6 heteroatoms. The minimum Gasteiger partial charge on any atom is -0.381 e. The molecule has 120 valence electrons. The largest absolute Gasteiger partial charge is 0.381 e. The number of ether oxygens (including phenoxy) is 1. The lowest BCUT2D eigenvalue weighted by Crippen LogP contribution is -2.44. The highest BCUT2D eigenvalue weighted by Gasteiger charge is 2.26. The van der Waals surface area contributed by atoms with E-state index in [2.05, 4.69) is 5.32 Å². The Bertz CT molecular complexity index is 522. The van der Waals surface area contributed by atoms with Crippen molar-refractivity contribution < 1.29 is 14.3 Å². The molecule has 1 aromatic rings. The van der Waals surface area contributed by atoms with Crippen LogP contribution in [0.15, 0.2) is 24.3 Å². The minimum atomic E-state index is -0.535. The summed E-state index contributed by atoms with van der Waals surface area (Å²) in [7, 11) is 3.40. The number of nitrogens with one attached hydrogen (secondary N) is 1. The van der Waals surface area contributed by atoms with E-state index in [-0.39, 0.29) is 17.7 Å². The number of benzene rings is 1. The molecule has 0 saturated carbocycles. The minimum absolute atomic E-state index is 0.0724. The summed E-state index contributed by atoms with van der Waals surface area (Å²) in [6.07, 6.45) is 1.62. The van der Waals surface area contributed by atoms with Gasteiger partial charge in [-0.15, -0.1) is 0 Å². The highest BCUT2D eigenvalue weighted by atomic mass is 16.5. The topological polar surface area (TPSA) is 84.7 Å². The smallest absolute Gasteiger partial charge is 0.253 e. The summed E-state index contributed by atoms with van der Waals surface area (Å²) in [4.78, 5) is 25.5. The molecule has 1 aromatic carbocycles. The fourth-order valence-electron chi connectivity index (χ4n) is 2.47. The Hall–Kier alpha value is -1.92. The van der Waals surface area contributed by atoms with Crippen molar-refractivity contribution in [3.05, 3.63) is 29.8 Å². The fourth-order valence-corrected chi connectivity index (χ4v) is 2.47. The molecule has 1 aliphatic heterocycles. The predicted octanol–water partition coefficient (Wildman–Crippen LogP) is 1.08. The van der Waals surface area contributed by atoms with Gasteiger partial charge in [-0.25, -0.2) is 0 Å². The van der Waals surface area contributed by atoms with Gasteiger partial charge in [0.25, 0.3) is 5.91 Å². The molecule has 1 aliphatic rings. The third-order valence-electron chi connectivity index (χ3n) is 3.88. The molecular weight excluding hydrogens is 282 g/mol. The first-order valence-electron chi connectivity index (χ1n) is 7.45. The molecule has 0 spiro atoms. The van der Waals surface area contributed by atoms with Crippen LogP contribution < -0.4 is 11.1 Å². The zero-order valence-electron chi connectivity index (χ0n) is 13.0.